The maximum atomic E-state index is 11.9. The number of alkyl halides is 3. The fraction of sp³-hybridized carbons (Fsp3) is 0.250. The van der Waals surface area contributed by atoms with Crippen molar-refractivity contribution in [3.05, 3.63) is 42.2 Å². The molecule has 0 aliphatic carbocycles. The average molecular weight is 256 g/mol. The number of nitrogens with zero attached hydrogens (tertiary/aromatic N) is 1. The molecule has 0 bridgehead atoms. The van der Waals surface area contributed by atoms with E-state index in [2.05, 4.69) is 15.3 Å². The molecule has 0 unspecified atom stereocenters. The van der Waals surface area contributed by atoms with Gasteiger partial charge in [-0.1, -0.05) is 18.2 Å². The van der Waals surface area contributed by atoms with Crippen molar-refractivity contribution in [1.29, 1.82) is 0 Å². The third-order valence-electron chi connectivity index (χ3n) is 2.37. The van der Waals surface area contributed by atoms with Crippen LogP contribution in [0.4, 0.5) is 13.2 Å². The minimum Gasteiger partial charge on any atom is -0.292 e. The van der Waals surface area contributed by atoms with Crippen molar-refractivity contribution in [2.24, 2.45) is 0 Å². The van der Waals surface area contributed by atoms with Crippen molar-refractivity contribution in [3.8, 4) is 0 Å². The Labute approximate surface area is 102 Å². The Morgan fingerprint density at radius 2 is 2.06 bits per heavy atom. The highest BCUT2D eigenvalue weighted by molar-refractivity contribution is 5.84. The van der Waals surface area contributed by atoms with Crippen LogP contribution in [-0.2, 0) is 11.4 Å². The smallest absolute Gasteiger partial charge is 0.292 e. The molecule has 0 aliphatic rings. The number of halogens is 3. The quantitative estimate of drug-likeness (QED) is 0.674. The highest BCUT2D eigenvalue weighted by Gasteiger charge is 2.27. The fourth-order valence-corrected chi connectivity index (χ4v) is 1.61. The lowest BCUT2D eigenvalue weighted by Gasteiger charge is -2.10. The van der Waals surface area contributed by atoms with Crippen LogP contribution in [-0.4, -0.2) is 17.8 Å². The van der Waals surface area contributed by atoms with Crippen molar-refractivity contribution in [2.75, 3.05) is 6.61 Å². The van der Waals surface area contributed by atoms with Crippen LogP contribution >= 0.6 is 0 Å². The Bertz CT molecular complexity index is 523. The Morgan fingerprint density at radius 1 is 1.22 bits per heavy atom. The number of fused-ring (bicyclic) bond motifs is 1. The topological polar surface area (TPSA) is 34.1 Å². The fourth-order valence-electron chi connectivity index (χ4n) is 1.61. The van der Waals surface area contributed by atoms with E-state index in [1.54, 1.807) is 12.4 Å². The average Bonchev–Trinajstić information content (AvgIpc) is 2.33. The molecule has 2 rings (SSSR count). The second kappa shape index (κ2) is 5.32. The maximum Gasteiger partial charge on any atom is 0.413 e. The molecule has 0 atom stereocenters. The standard InChI is InChI=1S/C12H11F3N2O/c13-12(14,15)8-18-17-7-10-3-1-2-9-6-16-5-4-11(9)10/h1-6,17H,7-8H2. The van der Waals surface area contributed by atoms with Crippen LogP contribution in [0.2, 0.25) is 0 Å². The molecular formula is C12H11F3N2O. The zero-order chi connectivity index (χ0) is 13.0. The van der Waals surface area contributed by atoms with E-state index in [-0.39, 0.29) is 6.54 Å². The Hall–Kier alpha value is -1.66. The summed E-state index contributed by atoms with van der Waals surface area (Å²) in [7, 11) is 0. The van der Waals surface area contributed by atoms with E-state index in [4.69, 9.17) is 0 Å². The van der Waals surface area contributed by atoms with E-state index >= 15 is 0 Å². The zero-order valence-corrected chi connectivity index (χ0v) is 9.37. The third kappa shape index (κ3) is 3.41. The first-order valence-electron chi connectivity index (χ1n) is 5.29. The van der Waals surface area contributed by atoms with Gasteiger partial charge in [0, 0.05) is 24.3 Å². The number of hydroxylamine groups is 1. The SMILES string of the molecule is FC(F)(F)CONCc1cccc2cnccc12. The van der Waals surface area contributed by atoms with Crippen LogP contribution in [0.5, 0.6) is 0 Å². The normalized spacial score (nSPS) is 11.9. The van der Waals surface area contributed by atoms with E-state index in [9.17, 15) is 13.2 Å². The minimum atomic E-state index is -4.32. The van der Waals surface area contributed by atoms with Gasteiger partial charge in [-0.2, -0.15) is 18.7 Å². The molecule has 6 heteroatoms. The minimum absolute atomic E-state index is 0.206. The molecule has 0 amide bonds. The Morgan fingerprint density at radius 3 is 2.83 bits per heavy atom. The van der Waals surface area contributed by atoms with Gasteiger partial charge >= 0.3 is 6.18 Å². The maximum absolute atomic E-state index is 11.9. The van der Waals surface area contributed by atoms with Gasteiger partial charge in [0.1, 0.15) is 0 Å². The van der Waals surface area contributed by atoms with Gasteiger partial charge in [-0.3, -0.25) is 9.82 Å². The zero-order valence-electron chi connectivity index (χ0n) is 9.37. The van der Waals surface area contributed by atoms with Gasteiger partial charge in [0.25, 0.3) is 0 Å². The van der Waals surface area contributed by atoms with E-state index < -0.39 is 12.8 Å². The number of benzene rings is 1. The molecule has 0 spiro atoms. The van der Waals surface area contributed by atoms with Crippen molar-refractivity contribution < 1.29 is 18.0 Å². The van der Waals surface area contributed by atoms with E-state index in [1.807, 2.05) is 24.3 Å². The lowest BCUT2D eigenvalue weighted by atomic mass is 10.1. The molecule has 0 fully saturated rings. The summed E-state index contributed by atoms with van der Waals surface area (Å²) < 4.78 is 35.6. The molecule has 1 aromatic carbocycles. The monoisotopic (exact) mass is 256 g/mol. The first-order chi connectivity index (χ1) is 8.56. The van der Waals surface area contributed by atoms with Crippen LogP contribution < -0.4 is 5.48 Å². The van der Waals surface area contributed by atoms with E-state index in [0.29, 0.717) is 0 Å². The second-order valence-electron chi connectivity index (χ2n) is 3.74. The molecule has 1 aromatic heterocycles. The highest BCUT2D eigenvalue weighted by atomic mass is 19.4. The van der Waals surface area contributed by atoms with Crippen molar-refractivity contribution >= 4 is 10.8 Å². The van der Waals surface area contributed by atoms with Crippen LogP contribution in [0.25, 0.3) is 10.8 Å². The van der Waals surface area contributed by atoms with Gasteiger partial charge in [0.05, 0.1) is 0 Å². The highest BCUT2D eigenvalue weighted by Crippen LogP contribution is 2.17. The molecule has 0 saturated heterocycles. The van der Waals surface area contributed by atoms with Gasteiger partial charge in [-0.15, -0.1) is 0 Å². The molecule has 96 valence electrons. The lowest BCUT2D eigenvalue weighted by Crippen LogP contribution is -2.24. The third-order valence-corrected chi connectivity index (χ3v) is 2.37. The summed E-state index contributed by atoms with van der Waals surface area (Å²) in [5, 5.41) is 1.88. The number of nitrogens with one attached hydrogen (secondary N) is 1. The molecule has 18 heavy (non-hydrogen) atoms. The van der Waals surface area contributed by atoms with Crippen LogP contribution in [0.3, 0.4) is 0 Å². The Balaban J connectivity index is 2.00. The molecular weight excluding hydrogens is 245 g/mol. The van der Waals surface area contributed by atoms with Gasteiger partial charge in [-0.25, -0.2) is 0 Å². The molecule has 0 radical (unpaired) electrons. The summed E-state index contributed by atoms with van der Waals surface area (Å²) in [6.45, 7) is -1.10. The number of hydrogen-bond acceptors (Lipinski definition) is 3. The first-order valence-corrected chi connectivity index (χ1v) is 5.29. The molecule has 0 saturated carbocycles. The summed E-state index contributed by atoms with van der Waals surface area (Å²) in [6, 6.07) is 7.36. The predicted molar refractivity (Wildman–Crippen MR) is 60.6 cm³/mol. The first kappa shape index (κ1) is 12.8. The molecule has 2 aromatic rings. The molecule has 1 heterocycles. The van der Waals surface area contributed by atoms with Crippen molar-refractivity contribution in [1.82, 2.24) is 10.5 Å². The number of hydrogen-bond donors (Lipinski definition) is 1. The molecule has 0 aliphatic heterocycles. The largest absolute Gasteiger partial charge is 0.413 e. The van der Waals surface area contributed by atoms with Crippen LogP contribution in [0.1, 0.15) is 5.56 Å². The second-order valence-corrected chi connectivity index (χ2v) is 3.74. The van der Waals surface area contributed by atoms with Crippen molar-refractivity contribution in [3.63, 3.8) is 0 Å². The van der Waals surface area contributed by atoms with Crippen molar-refractivity contribution in [2.45, 2.75) is 12.7 Å². The summed E-state index contributed by atoms with van der Waals surface area (Å²) >= 11 is 0. The number of rotatable bonds is 4. The molecule has 1 N–H and O–H groups in total. The van der Waals surface area contributed by atoms with Gasteiger partial charge in [0.2, 0.25) is 0 Å². The summed E-state index contributed by atoms with van der Waals surface area (Å²) in [6.07, 6.45) is -0.979. The lowest BCUT2D eigenvalue weighted by molar-refractivity contribution is -0.190. The van der Waals surface area contributed by atoms with Gasteiger partial charge in [-0.05, 0) is 17.0 Å². The van der Waals surface area contributed by atoms with Gasteiger partial charge in [0.15, 0.2) is 6.61 Å². The summed E-state index contributed by atoms with van der Waals surface area (Å²) in [4.78, 5) is 8.34. The number of pyridine rings is 1. The summed E-state index contributed by atoms with van der Waals surface area (Å²) in [5.74, 6) is 0. The predicted octanol–water partition coefficient (Wildman–Crippen LogP) is 2.82. The van der Waals surface area contributed by atoms with E-state index in [0.717, 1.165) is 16.3 Å². The van der Waals surface area contributed by atoms with Crippen LogP contribution in [0, 0.1) is 0 Å². The van der Waals surface area contributed by atoms with E-state index in [1.165, 1.54) is 0 Å². The van der Waals surface area contributed by atoms with Gasteiger partial charge < -0.3 is 0 Å². The number of aromatic nitrogens is 1. The Kier molecular flexibility index (Phi) is 3.78. The molecule has 3 nitrogen and oxygen atoms in total. The van der Waals surface area contributed by atoms with Crippen LogP contribution in [0.15, 0.2) is 36.7 Å². The summed E-state index contributed by atoms with van der Waals surface area (Å²) in [5.41, 5.74) is 3.17.